The first-order valence-electron chi connectivity index (χ1n) is 12.7. The Kier molecular flexibility index (Phi) is 6.93. The van der Waals surface area contributed by atoms with Gasteiger partial charge in [-0.05, 0) is 85.6 Å². The van der Waals surface area contributed by atoms with Crippen molar-refractivity contribution in [1.82, 2.24) is 15.5 Å². The molecule has 5 aliphatic rings. The molecular weight excluding hydrogens is 485 g/mol. The number of hydrogen-bond donors (Lipinski definition) is 3. The molecule has 0 aromatic heterocycles. The van der Waals surface area contributed by atoms with Gasteiger partial charge in [0.05, 0.1) is 6.54 Å². The smallest absolute Gasteiger partial charge is 0.408 e. The lowest BCUT2D eigenvalue weighted by molar-refractivity contribution is -0.150. The molecule has 0 radical (unpaired) electrons. The minimum Gasteiger partial charge on any atom is -0.480 e. The van der Waals surface area contributed by atoms with Crippen LogP contribution in [-0.2, 0) is 27.4 Å². The molecule has 1 heterocycles. The Morgan fingerprint density at radius 3 is 2.61 bits per heavy atom. The summed E-state index contributed by atoms with van der Waals surface area (Å²) in [5.74, 6) is 0.0796. The second-order valence-electron chi connectivity index (χ2n) is 11.1. The van der Waals surface area contributed by atoms with E-state index in [0.717, 1.165) is 43.2 Å². The van der Waals surface area contributed by atoms with Crippen LogP contribution in [-0.4, -0.2) is 63.7 Å². The van der Waals surface area contributed by atoms with Crippen molar-refractivity contribution < 1.29 is 28.6 Å². The number of nitrogens with one attached hydrogen (secondary N) is 2. The number of aliphatic carboxylic acids is 1. The molecule has 4 saturated carbocycles. The molecule has 2 amide bonds. The second kappa shape index (κ2) is 9.85. The quantitative estimate of drug-likeness (QED) is 0.460. The molecule has 1 aromatic carbocycles. The summed E-state index contributed by atoms with van der Waals surface area (Å²) in [4.78, 5) is 39.1. The van der Waals surface area contributed by atoms with Crippen LogP contribution in [0.25, 0.3) is 0 Å². The standard InChI is InChI=1S/C26H34FN3O5S/c1-36-5-4-21(23(32)33)29-24(34)35-26-10-16-6-17(11-26)9-25(8-16,15-26)28-12-22(31)30-13-18-2-3-20(27)7-19(18)14-30/h2-3,7,16-17,21,28H,4-6,8-15H2,1H3,(H,29,34)(H,32,33)/t16?,17?,21-,25?,26?/m0/s1. The molecule has 6 rings (SSSR count). The Labute approximate surface area is 214 Å². The minimum absolute atomic E-state index is 0.0202. The van der Waals surface area contributed by atoms with Gasteiger partial charge in [0.25, 0.3) is 0 Å². The van der Waals surface area contributed by atoms with E-state index in [0.29, 0.717) is 43.5 Å². The molecule has 4 bridgehead atoms. The molecule has 196 valence electrons. The van der Waals surface area contributed by atoms with Crippen LogP contribution < -0.4 is 10.6 Å². The number of nitrogens with zero attached hydrogens (tertiary/aromatic N) is 1. The highest BCUT2D eigenvalue weighted by Crippen LogP contribution is 2.58. The number of halogens is 1. The van der Waals surface area contributed by atoms with Crippen molar-refractivity contribution in [3.8, 4) is 0 Å². The third-order valence-electron chi connectivity index (χ3n) is 8.38. The van der Waals surface area contributed by atoms with Crippen molar-refractivity contribution in [1.29, 1.82) is 0 Å². The van der Waals surface area contributed by atoms with Crippen molar-refractivity contribution in [3.63, 3.8) is 0 Å². The van der Waals surface area contributed by atoms with E-state index in [4.69, 9.17) is 4.74 Å². The molecule has 1 aliphatic heterocycles. The molecule has 4 fully saturated rings. The third kappa shape index (κ3) is 5.20. The Hall–Kier alpha value is -2.33. The fourth-order valence-corrected chi connectivity index (χ4v) is 7.75. The largest absolute Gasteiger partial charge is 0.480 e. The predicted octanol–water partition coefficient (Wildman–Crippen LogP) is 3.28. The molecule has 1 aromatic rings. The van der Waals surface area contributed by atoms with Crippen LogP contribution >= 0.6 is 11.8 Å². The number of carbonyl (C=O) groups is 3. The summed E-state index contributed by atoms with van der Waals surface area (Å²) in [6, 6.07) is 3.70. The van der Waals surface area contributed by atoms with Gasteiger partial charge >= 0.3 is 12.1 Å². The first-order chi connectivity index (χ1) is 17.2. The van der Waals surface area contributed by atoms with Gasteiger partial charge in [-0.3, -0.25) is 4.79 Å². The lowest BCUT2D eigenvalue weighted by Gasteiger charge is -2.61. The average molecular weight is 520 g/mol. The molecule has 3 atom stereocenters. The number of benzene rings is 1. The summed E-state index contributed by atoms with van der Waals surface area (Å²) < 4.78 is 19.6. The van der Waals surface area contributed by atoms with Gasteiger partial charge in [-0.1, -0.05) is 6.07 Å². The number of fused-ring (bicyclic) bond motifs is 1. The molecule has 3 N–H and O–H groups in total. The SMILES string of the molecule is CSCC[C@H](NC(=O)OC12CC3CC(CC(NCC(=O)N4Cc5ccc(F)cc5C4)(C3)C1)C2)C(=O)O. The zero-order valence-corrected chi connectivity index (χ0v) is 21.4. The minimum atomic E-state index is -1.06. The normalized spacial score (nSPS) is 30.7. The third-order valence-corrected chi connectivity index (χ3v) is 9.02. The number of rotatable bonds is 9. The predicted molar refractivity (Wildman–Crippen MR) is 133 cm³/mol. The molecule has 4 aliphatic carbocycles. The Bertz CT molecular complexity index is 1040. The van der Waals surface area contributed by atoms with Crippen LogP contribution in [0.4, 0.5) is 9.18 Å². The number of amides is 2. The highest BCUT2D eigenvalue weighted by molar-refractivity contribution is 7.98. The maximum absolute atomic E-state index is 13.6. The van der Waals surface area contributed by atoms with Crippen LogP contribution in [0.1, 0.15) is 56.1 Å². The van der Waals surface area contributed by atoms with Gasteiger partial charge in [0.2, 0.25) is 5.91 Å². The van der Waals surface area contributed by atoms with Crippen LogP contribution in [0.3, 0.4) is 0 Å². The van der Waals surface area contributed by atoms with E-state index in [1.807, 2.05) is 6.26 Å². The van der Waals surface area contributed by atoms with Crippen molar-refractivity contribution >= 4 is 29.7 Å². The van der Waals surface area contributed by atoms with Crippen molar-refractivity contribution in [2.24, 2.45) is 11.8 Å². The highest BCUT2D eigenvalue weighted by Gasteiger charge is 2.59. The van der Waals surface area contributed by atoms with Gasteiger partial charge in [0, 0.05) is 25.0 Å². The fourth-order valence-electron chi connectivity index (χ4n) is 7.28. The molecule has 0 spiro atoms. The molecule has 2 unspecified atom stereocenters. The van der Waals surface area contributed by atoms with Crippen LogP contribution in [0.5, 0.6) is 0 Å². The maximum atomic E-state index is 13.6. The summed E-state index contributed by atoms with van der Waals surface area (Å²) in [7, 11) is 0. The summed E-state index contributed by atoms with van der Waals surface area (Å²) >= 11 is 1.53. The molecular formula is C26H34FN3O5S. The van der Waals surface area contributed by atoms with Crippen LogP contribution in [0.2, 0.25) is 0 Å². The number of carboxylic acid groups (broad SMARTS) is 1. The van der Waals surface area contributed by atoms with Crippen molar-refractivity contribution in [2.75, 3.05) is 18.6 Å². The van der Waals surface area contributed by atoms with Crippen LogP contribution in [0, 0.1) is 17.7 Å². The first kappa shape index (κ1) is 25.3. The molecule has 8 nitrogen and oxygen atoms in total. The van der Waals surface area contributed by atoms with Gasteiger partial charge < -0.3 is 25.4 Å². The number of ether oxygens (including phenoxy) is 1. The zero-order chi connectivity index (χ0) is 25.5. The van der Waals surface area contributed by atoms with Gasteiger partial charge in [0.15, 0.2) is 0 Å². The van der Waals surface area contributed by atoms with Gasteiger partial charge in [0.1, 0.15) is 17.5 Å². The Balaban J connectivity index is 1.21. The monoisotopic (exact) mass is 519 g/mol. The highest BCUT2D eigenvalue weighted by atomic mass is 32.2. The number of carbonyl (C=O) groups excluding carboxylic acids is 2. The van der Waals surface area contributed by atoms with E-state index in [1.165, 1.54) is 23.9 Å². The number of hydrogen-bond acceptors (Lipinski definition) is 6. The lowest BCUT2D eigenvalue weighted by atomic mass is 9.51. The second-order valence-corrected chi connectivity index (χ2v) is 12.1. The number of carboxylic acids is 1. The Morgan fingerprint density at radius 2 is 1.92 bits per heavy atom. The van der Waals surface area contributed by atoms with E-state index < -0.39 is 23.7 Å². The van der Waals surface area contributed by atoms with E-state index in [9.17, 15) is 23.9 Å². The van der Waals surface area contributed by atoms with Gasteiger partial charge in [-0.2, -0.15) is 11.8 Å². The van der Waals surface area contributed by atoms with Crippen LogP contribution in [0.15, 0.2) is 18.2 Å². The summed E-state index contributed by atoms with van der Waals surface area (Å²) in [6.07, 6.45) is 6.74. The number of alkyl carbamates (subject to hydrolysis) is 1. The van der Waals surface area contributed by atoms with E-state index >= 15 is 0 Å². The summed E-state index contributed by atoms with van der Waals surface area (Å²) in [5.41, 5.74) is 0.932. The average Bonchev–Trinajstić information content (AvgIpc) is 3.22. The molecule has 10 heteroatoms. The molecule has 36 heavy (non-hydrogen) atoms. The van der Waals surface area contributed by atoms with Crippen molar-refractivity contribution in [2.45, 2.75) is 75.2 Å². The van der Waals surface area contributed by atoms with Gasteiger partial charge in [-0.15, -0.1) is 0 Å². The Morgan fingerprint density at radius 1 is 1.19 bits per heavy atom. The zero-order valence-electron chi connectivity index (χ0n) is 20.6. The fraction of sp³-hybridized carbons (Fsp3) is 0.654. The molecule has 0 saturated heterocycles. The topological polar surface area (TPSA) is 108 Å². The summed E-state index contributed by atoms with van der Waals surface area (Å²) in [5, 5.41) is 15.6. The van der Waals surface area contributed by atoms with E-state index in [2.05, 4.69) is 10.6 Å². The maximum Gasteiger partial charge on any atom is 0.408 e. The first-order valence-corrected chi connectivity index (χ1v) is 14.1. The lowest BCUT2D eigenvalue weighted by Crippen LogP contribution is -2.66. The van der Waals surface area contributed by atoms with Crippen molar-refractivity contribution in [3.05, 3.63) is 35.1 Å². The van der Waals surface area contributed by atoms with E-state index in [1.54, 1.807) is 11.0 Å². The summed E-state index contributed by atoms with van der Waals surface area (Å²) in [6.45, 7) is 1.09. The van der Waals surface area contributed by atoms with Gasteiger partial charge in [-0.25, -0.2) is 14.0 Å². The number of thioether (sulfide) groups is 1. The van der Waals surface area contributed by atoms with E-state index in [-0.39, 0.29) is 23.8 Å².